The topological polar surface area (TPSA) is 12.0 Å². The van der Waals surface area contributed by atoms with Gasteiger partial charge in [0, 0.05) is 17.8 Å². The van der Waals surface area contributed by atoms with Crippen LogP contribution in [0.25, 0.3) is 5.70 Å². The highest BCUT2D eigenvalue weighted by molar-refractivity contribution is 5.69. The highest BCUT2D eigenvalue weighted by Crippen LogP contribution is 2.24. The van der Waals surface area contributed by atoms with Crippen molar-refractivity contribution in [3.05, 3.63) is 41.5 Å². The van der Waals surface area contributed by atoms with E-state index >= 15 is 0 Å². The summed E-state index contributed by atoms with van der Waals surface area (Å²) in [5, 5.41) is 3.23. The van der Waals surface area contributed by atoms with Crippen molar-refractivity contribution in [2.75, 3.05) is 0 Å². The van der Waals surface area contributed by atoms with Gasteiger partial charge in [0.05, 0.1) is 0 Å². The molecule has 11 heavy (non-hydrogen) atoms. The number of hydrogen-bond donors (Lipinski definition) is 1. The van der Waals surface area contributed by atoms with Gasteiger partial charge in [-0.3, -0.25) is 0 Å². The lowest BCUT2D eigenvalue weighted by molar-refractivity contribution is 0.938. The van der Waals surface area contributed by atoms with Crippen molar-refractivity contribution >= 4 is 5.70 Å². The van der Waals surface area contributed by atoms with Crippen LogP contribution in [0, 0.1) is 6.92 Å². The maximum absolute atomic E-state index is 3.93. The van der Waals surface area contributed by atoms with Crippen LogP contribution in [0.4, 0.5) is 0 Å². The highest BCUT2D eigenvalue weighted by atomic mass is 14.9. The Morgan fingerprint density at radius 1 is 1.45 bits per heavy atom. The predicted octanol–water partition coefficient (Wildman–Crippen LogP) is 2.07. The van der Waals surface area contributed by atoms with Gasteiger partial charge in [0.2, 0.25) is 0 Å². The standard InChI is InChI=1S/C10H11N/c1-7-4-3-5-9-8(2)11-6-10(7)9/h3-5,11H,2,6H2,1H3. The molecule has 2 rings (SSSR count). The van der Waals surface area contributed by atoms with Crippen LogP contribution in [0.5, 0.6) is 0 Å². The van der Waals surface area contributed by atoms with E-state index in [-0.39, 0.29) is 0 Å². The molecular formula is C10H11N. The van der Waals surface area contributed by atoms with E-state index in [4.69, 9.17) is 0 Å². The number of fused-ring (bicyclic) bond motifs is 1. The molecule has 1 N–H and O–H groups in total. The fraction of sp³-hybridized carbons (Fsp3) is 0.200. The van der Waals surface area contributed by atoms with Gasteiger partial charge < -0.3 is 5.32 Å². The first-order valence-corrected chi connectivity index (χ1v) is 3.80. The molecule has 56 valence electrons. The second-order valence-electron chi connectivity index (χ2n) is 2.93. The summed E-state index contributed by atoms with van der Waals surface area (Å²) < 4.78 is 0. The number of benzene rings is 1. The van der Waals surface area contributed by atoms with E-state index in [9.17, 15) is 0 Å². The lowest BCUT2D eigenvalue weighted by Crippen LogP contribution is -1.98. The molecule has 0 radical (unpaired) electrons. The second kappa shape index (κ2) is 2.12. The van der Waals surface area contributed by atoms with E-state index in [1.165, 1.54) is 16.7 Å². The average Bonchev–Trinajstić information content (AvgIpc) is 2.35. The summed E-state index contributed by atoms with van der Waals surface area (Å²) in [4.78, 5) is 0. The van der Waals surface area contributed by atoms with Crippen LogP contribution in [0.15, 0.2) is 24.8 Å². The third-order valence-corrected chi connectivity index (χ3v) is 2.21. The average molecular weight is 145 g/mol. The molecule has 1 aliphatic heterocycles. The summed E-state index contributed by atoms with van der Waals surface area (Å²) in [6.07, 6.45) is 0. The van der Waals surface area contributed by atoms with Gasteiger partial charge in [-0.1, -0.05) is 24.8 Å². The molecule has 0 amide bonds. The van der Waals surface area contributed by atoms with E-state index in [1.807, 2.05) is 0 Å². The first-order chi connectivity index (χ1) is 5.29. The maximum Gasteiger partial charge on any atom is 0.0410 e. The minimum absolute atomic E-state index is 0.945. The smallest absolute Gasteiger partial charge is 0.0410 e. The van der Waals surface area contributed by atoms with Crippen molar-refractivity contribution in [2.45, 2.75) is 13.5 Å². The van der Waals surface area contributed by atoms with E-state index < -0.39 is 0 Å². The molecule has 0 aromatic heterocycles. The fourth-order valence-corrected chi connectivity index (χ4v) is 1.51. The predicted molar refractivity (Wildman–Crippen MR) is 47.1 cm³/mol. The molecule has 1 aromatic carbocycles. The molecular weight excluding hydrogens is 134 g/mol. The largest absolute Gasteiger partial charge is 0.381 e. The molecule has 1 aliphatic rings. The molecule has 0 fully saturated rings. The molecule has 0 saturated carbocycles. The summed E-state index contributed by atoms with van der Waals surface area (Å²) in [5.41, 5.74) is 5.10. The Bertz CT molecular complexity index is 313. The third kappa shape index (κ3) is 0.845. The molecule has 1 aromatic rings. The van der Waals surface area contributed by atoms with E-state index in [2.05, 4.69) is 37.0 Å². The van der Waals surface area contributed by atoms with Gasteiger partial charge in [-0.25, -0.2) is 0 Å². The first-order valence-electron chi connectivity index (χ1n) is 3.80. The van der Waals surface area contributed by atoms with Crippen LogP contribution in [0.1, 0.15) is 16.7 Å². The molecule has 1 heteroatoms. The summed E-state index contributed by atoms with van der Waals surface area (Å²) in [7, 11) is 0. The van der Waals surface area contributed by atoms with Crippen molar-refractivity contribution in [1.29, 1.82) is 0 Å². The molecule has 1 heterocycles. The SMILES string of the molecule is C=C1NCc2c(C)cccc21. The van der Waals surface area contributed by atoms with Gasteiger partial charge in [0.1, 0.15) is 0 Å². The Hall–Kier alpha value is -1.24. The Morgan fingerprint density at radius 3 is 3.00 bits per heavy atom. The summed E-state index contributed by atoms with van der Waals surface area (Å²) >= 11 is 0. The van der Waals surface area contributed by atoms with Gasteiger partial charge in [0.15, 0.2) is 0 Å². The van der Waals surface area contributed by atoms with Gasteiger partial charge in [-0.15, -0.1) is 0 Å². The highest BCUT2D eigenvalue weighted by Gasteiger charge is 2.13. The van der Waals surface area contributed by atoms with Crippen molar-refractivity contribution in [3.63, 3.8) is 0 Å². The quantitative estimate of drug-likeness (QED) is 0.589. The maximum atomic E-state index is 3.93. The molecule has 0 bridgehead atoms. The van der Waals surface area contributed by atoms with Crippen LogP contribution in [-0.2, 0) is 6.54 Å². The van der Waals surface area contributed by atoms with Gasteiger partial charge in [-0.2, -0.15) is 0 Å². The van der Waals surface area contributed by atoms with Crippen molar-refractivity contribution in [1.82, 2.24) is 5.32 Å². The molecule has 0 aliphatic carbocycles. The minimum Gasteiger partial charge on any atom is -0.381 e. The first kappa shape index (κ1) is 6.47. The number of rotatable bonds is 0. The summed E-state index contributed by atoms with van der Waals surface area (Å²) in [5.74, 6) is 0. The van der Waals surface area contributed by atoms with Crippen LogP contribution in [0.2, 0.25) is 0 Å². The van der Waals surface area contributed by atoms with Crippen molar-refractivity contribution in [3.8, 4) is 0 Å². The zero-order chi connectivity index (χ0) is 7.84. The van der Waals surface area contributed by atoms with Crippen molar-refractivity contribution in [2.24, 2.45) is 0 Å². The van der Waals surface area contributed by atoms with Crippen molar-refractivity contribution < 1.29 is 0 Å². The summed E-state index contributed by atoms with van der Waals surface area (Å²) in [6, 6.07) is 6.33. The second-order valence-corrected chi connectivity index (χ2v) is 2.93. The Kier molecular flexibility index (Phi) is 1.25. The zero-order valence-electron chi connectivity index (χ0n) is 6.65. The minimum atomic E-state index is 0.945. The molecule has 0 spiro atoms. The van der Waals surface area contributed by atoms with Crippen LogP contribution in [0.3, 0.4) is 0 Å². The lowest BCUT2D eigenvalue weighted by Gasteiger charge is -1.99. The number of aryl methyl sites for hydroxylation is 1. The Morgan fingerprint density at radius 2 is 2.27 bits per heavy atom. The monoisotopic (exact) mass is 145 g/mol. The number of nitrogens with one attached hydrogen (secondary N) is 1. The molecule has 0 saturated heterocycles. The fourth-order valence-electron chi connectivity index (χ4n) is 1.51. The Balaban J connectivity index is 2.66. The molecule has 0 unspecified atom stereocenters. The lowest BCUT2D eigenvalue weighted by atomic mass is 10.0. The van der Waals surface area contributed by atoms with Gasteiger partial charge >= 0.3 is 0 Å². The molecule has 0 atom stereocenters. The van der Waals surface area contributed by atoms with Crippen LogP contribution < -0.4 is 5.32 Å². The third-order valence-electron chi connectivity index (χ3n) is 2.21. The van der Waals surface area contributed by atoms with E-state index in [1.54, 1.807) is 0 Å². The summed E-state index contributed by atoms with van der Waals surface area (Å²) in [6.45, 7) is 7.01. The van der Waals surface area contributed by atoms with Gasteiger partial charge in [0.25, 0.3) is 0 Å². The number of hydrogen-bond acceptors (Lipinski definition) is 1. The van der Waals surface area contributed by atoms with Gasteiger partial charge in [-0.05, 0) is 18.1 Å². The van der Waals surface area contributed by atoms with Crippen LogP contribution >= 0.6 is 0 Å². The Labute approximate surface area is 66.7 Å². The van der Waals surface area contributed by atoms with E-state index in [0.29, 0.717) is 0 Å². The van der Waals surface area contributed by atoms with Crippen LogP contribution in [-0.4, -0.2) is 0 Å². The molecule has 1 nitrogen and oxygen atoms in total. The zero-order valence-corrected chi connectivity index (χ0v) is 6.65. The van der Waals surface area contributed by atoms with E-state index in [0.717, 1.165) is 12.2 Å². The normalized spacial score (nSPS) is 14.5.